The summed E-state index contributed by atoms with van der Waals surface area (Å²) in [4.78, 5) is 10.8. The average Bonchev–Trinajstić information content (AvgIpc) is 2.26. The van der Waals surface area contributed by atoms with Gasteiger partial charge < -0.3 is 5.11 Å². The Morgan fingerprint density at radius 1 is 1.33 bits per heavy atom. The molecule has 1 N–H and O–H groups in total. The van der Waals surface area contributed by atoms with E-state index in [2.05, 4.69) is 0 Å². The van der Waals surface area contributed by atoms with E-state index in [-0.39, 0.29) is 5.92 Å². The van der Waals surface area contributed by atoms with Gasteiger partial charge in [0.15, 0.2) is 0 Å². The summed E-state index contributed by atoms with van der Waals surface area (Å²) in [7, 11) is 0. The quantitative estimate of drug-likeness (QED) is 0.812. The van der Waals surface area contributed by atoms with Crippen LogP contribution >= 0.6 is 23.2 Å². The van der Waals surface area contributed by atoms with Crippen molar-refractivity contribution in [2.24, 2.45) is 0 Å². The van der Waals surface area contributed by atoms with Crippen molar-refractivity contribution in [1.29, 1.82) is 0 Å². The SMILES string of the molecule is O=C(O)C(Cl)C(CCCl)c1ccccc1. The van der Waals surface area contributed by atoms with E-state index in [0.29, 0.717) is 12.3 Å². The minimum atomic E-state index is -1.00. The number of aliphatic carboxylic acids is 1. The van der Waals surface area contributed by atoms with Crippen molar-refractivity contribution in [3.63, 3.8) is 0 Å². The molecule has 2 nitrogen and oxygen atoms in total. The van der Waals surface area contributed by atoms with Gasteiger partial charge in [-0.2, -0.15) is 0 Å². The lowest BCUT2D eigenvalue weighted by Gasteiger charge is -2.18. The largest absolute Gasteiger partial charge is 0.480 e. The molecule has 15 heavy (non-hydrogen) atoms. The van der Waals surface area contributed by atoms with Crippen molar-refractivity contribution in [1.82, 2.24) is 0 Å². The van der Waals surface area contributed by atoms with Gasteiger partial charge in [-0.05, 0) is 12.0 Å². The second-order valence-electron chi connectivity index (χ2n) is 3.23. The molecular formula is C11H12Cl2O2. The van der Waals surface area contributed by atoms with Gasteiger partial charge in [0.05, 0.1) is 0 Å². The molecule has 0 heterocycles. The van der Waals surface area contributed by atoms with E-state index in [1.54, 1.807) is 0 Å². The zero-order chi connectivity index (χ0) is 11.3. The fraction of sp³-hybridized carbons (Fsp3) is 0.364. The second-order valence-corrected chi connectivity index (χ2v) is 4.08. The summed E-state index contributed by atoms with van der Waals surface area (Å²) in [5.74, 6) is -0.839. The van der Waals surface area contributed by atoms with E-state index < -0.39 is 11.3 Å². The van der Waals surface area contributed by atoms with Gasteiger partial charge in [-0.1, -0.05) is 30.3 Å². The first-order valence-corrected chi connectivity index (χ1v) is 5.61. The highest BCUT2D eigenvalue weighted by molar-refractivity contribution is 6.30. The van der Waals surface area contributed by atoms with Gasteiger partial charge in [-0.25, -0.2) is 0 Å². The monoisotopic (exact) mass is 246 g/mol. The summed E-state index contributed by atoms with van der Waals surface area (Å²) in [6, 6.07) is 9.35. The van der Waals surface area contributed by atoms with E-state index in [1.165, 1.54) is 0 Å². The fourth-order valence-corrected chi connectivity index (χ4v) is 1.98. The molecule has 2 unspecified atom stereocenters. The Balaban J connectivity index is 2.87. The van der Waals surface area contributed by atoms with Gasteiger partial charge in [0.1, 0.15) is 5.38 Å². The van der Waals surface area contributed by atoms with E-state index in [1.807, 2.05) is 30.3 Å². The molecule has 0 bridgehead atoms. The molecule has 0 spiro atoms. The zero-order valence-corrected chi connectivity index (χ0v) is 9.58. The number of carbonyl (C=O) groups is 1. The van der Waals surface area contributed by atoms with E-state index in [9.17, 15) is 4.79 Å². The van der Waals surface area contributed by atoms with Crippen LogP contribution in [0, 0.1) is 0 Å². The Morgan fingerprint density at radius 3 is 2.40 bits per heavy atom. The van der Waals surface area contributed by atoms with Crippen LogP contribution in [0.25, 0.3) is 0 Å². The Bertz CT molecular complexity index is 314. The molecule has 0 aliphatic rings. The van der Waals surface area contributed by atoms with Crippen LogP contribution in [0.1, 0.15) is 17.9 Å². The third-order valence-electron chi connectivity index (χ3n) is 2.24. The van der Waals surface area contributed by atoms with Crippen LogP contribution in [0.4, 0.5) is 0 Å². The molecule has 2 atom stereocenters. The molecule has 1 aromatic carbocycles. The number of benzene rings is 1. The predicted octanol–water partition coefficient (Wildman–Crippen LogP) is 3.09. The lowest BCUT2D eigenvalue weighted by atomic mass is 9.93. The average molecular weight is 247 g/mol. The summed E-state index contributed by atoms with van der Waals surface area (Å²) in [6.07, 6.45) is 0.562. The third kappa shape index (κ3) is 3.40. The van der Waals surface area contributed by atoms with E-state index in [4.69, 9.17) is 28.3 Å². The van der Waals surface area contributed by atoms with Gasteiger partial charge in [0, 0.05) is 11.8 Å². The number of carboxylic acids is 1. The van der Waals surface area contributed by atoms with Crippen LogP contribution in [0.15, 0.2) is 30.3 Å². The van der Waals surface area contributed by atoms with Crippen LogP contribution in [-0.2, 0) is 4.79 Å². The maximum Gasteiger partial charge on any atom is 0.322 e. The molecule has 0 aliphatic heterocycles. The van der Waals surface area contributed by atoms with Crippen LogP contribution in [-0.4, -0.2) is 22.3 Å². The van der Waals surface area contributed by atoms with Crippen LogP contribution < -0.4 is 0 Å². The smallest absolute Gasteiger partial charge is 0.322 e. The molecule has 0 saturated heterocycles. The Hall–Kier alpha value is -0.730. The molecule has 1 aromatic rings. The summed E-state index contributed by atoms with van der Waals surface area (Å²) in [6.45, 7) is 0. The number of hydrogen-bond acceptors (Lipinski definition) is 1. The lowest BCUT2D eigenvalue weighted by Crippen LogP contribution is -2.22. The Labute approximate surface area is 98.8 Å². The van der Waals surface area contributed by atoms with Crippen molar-refractivity contribution < 1.29 is 9.90 Å². The Kier molecular flexibility index (Phi) is 4.92. The normalized spacial score (nSPS) is 14.5. The first-order chi connectivity index (χ1) is 7.16. The molecule has 82 valence electrons. The minimum Gasteiger partial charge on any atom is -0.480 e. The van der Waals surface area contributed by atoms with E-state index >= 15 is 0 Å². The summed E-state index contributed by atoms with van der Waals surface area (Å²) < 4.78 is 0. The minimum absolute atomic E-state index is 0.233. The second kappa shape index (κ2) is 5.99. The van der Waals surface area contributed by atoms with Crippen molar-refractivity contribution >= 4 is 29.2 Å². The maximum absolute atomic E-state index is 10.8. The molecule has 0 aromatic heterocycles. The molecule has 4 heteroatoms. The highest BCUT2D eigenvalue weighted by Crippen LogP contribution is 2.27. The van der Waals surface area contributed by atoms with Crippen molar-refractivity contribution in [2.75, 3.05) is 5.88 Å². The van der Waals surface area contributed by atoms with Crippen LogP contribution in [0.2, 0.25) is 0 Å². The van der Waals surface area contributed by atoms with E-state index in [0.717, 1.165) is 5.56 Å². The highest BCUT2D eigenvalue weighted by Gasteiger charge is 2.26. The van der Waals surface area contributed by atoms with Crippen molar-refractivity contribution in [3.05, 3.63) is 35.9 Å². The zero-order valence-electron chi connectivity index (χ0n) is 8.07. The number of hydrogen-bond donors (Lipinski definition) is 1. The molecule has 0 fully saturated rings. The van der Waals surface area contributed by atoms with Crippen LogP contribution in [0.5, 0.6) is 0 Å². The number of alkyl halides is 2. The molecule has 0 radical (unpaired) electrons. The summed E-state index contributed by atoms with van der Waals surface area (Å²) in [5, 5.41) is 7.94. The topological polar surface area (TPSA) is 37.3 Å². The Morgan fingerprint density at radius 2 is 1.93 bits per heavy atom. The fourth-order valence-electron chi connectivity index (χ4n) is 1.47. The first kappa shape index (κ1) is 12.3. The van der Waals surface area contributed by atoms with Crippen molar-refractivity contribution in [3.8, 4) is 0 Å². The molecule has 0 amide bonds. The predicted molar refractivity (Wildman–Crippen MR) is 61.8 cm³/mol. The van der Waals surface area contributed by atoms with Gasteiger partial charge in [-0.3, -0.25) is 4.79 Å². The maximum atomic E-state index is 10.8. The summed E-state index contributed by atoms with van der Waals surface area (Å²) in [5.41, 5.74) is 0.917. The summed E-state index contributed by atoms with van der Waals surface area (Å²) >= 11 is 11.5. The molecule has 1 rings (SSSR count). The molecule has 0 saturated carbocycles. The lowest BCUT2D eigenvalue weighted by molar-refractivity contribution is -0.137. The van der Waals surface area contributed by atoms with Crippen molar-refractivity contribution in [2.45, 2.75) is 17.7 Å². The number of rotatable bonds is 5. The third-order valence-corrected chi connectivity index (χ3v) is 2.95. The van der Waals surface area contributed by atoms with Gasteiger partial charge in [0.25, 0.3) is 0 Å². The highest BCUT2D eigenvalue weighted by atomic mass is 35.5. The van der Waals surface area contributed by atoms with Gasteiger partial charge in [-0.15, -0.1) is 23.2 Å². The van der Waals surface area contributed by atoms with Gasteiger partial charge >= 0.3 is 5.97 Å². The van der Waals surface area contributed by atoms with Gasteiger partial charge in [0.2, 0.25) is 0 Å². The number of halogens is 2. The molecular weight excluding hydrogens is 235 g/mol. The molecule has 0 aliphatic carbocycles. The van der Waals surface area contributed by atoms with Crippen LogP contribution in [0.3, 0.4) is 0 Å². The first-order valence-electron chi connectivity index (χ1n) is 4.64. The standard InChI is InChI=1S/C11H12Cl2O2/c12-7-6-9(10(13)11(14)15)8-4-2-1-3-5-8/h1-5,9-10H,6-7H2,(H,14,15). The number of carboxylic acid groups (broad SMARTS) is 1.